The second-order valence-corrected chi connectivity index (χ2v) is 8.79. The topological polar surface area (TPSA) is 64.2 Å². The summed E-state index contributed by atoms with van der Waals surface area (Å²) >= 11 is 1.44. The molecule has 7 nitrogen and oxygen atoms in total. The lowest BCUT2D eigenvalue weighted by Gasteiger charge is -2.36. The van der Waals surface area contributed by atoms with Crippen LogP contribution in [0, 0.1) is 0 Å². The Morgan fingerprint density at radius 1 is 1.00 bits per heavy atom. The Hall–Kier alpha value is -2.71. The van der Waals surface area contributed by atoms with Crippen molar-refractivity contribution < 1.29 is 14.4 Å². The SMILES string of the molecule is CCN(CC(=O)N1CCN(C(=O)c2cccs2)CC1)C1CCN(c2ccccc2)C1=O. The van der Waals surface area contributed by atoms with Gasteiger partial charge in [-0.2, -0.15) is 0 Å². The lowest BCUT2D eigenvalue weighted by molar-refractivity contribution is -0.135. The maximum Gasteiger partial charge on any atom is 0.264 e. The normalized spacial score (nSPS) is 19.4. The molecule has 1 aromatic heterocycles. The van der Waals surface area contributed by atoms with Crippen LogP contribution >= 0.6 is 11.3 Å². The average Bonchev–Trinajstić information content (AvgIpc) is 3.48. The van der Waals surface area contributed by atoms with Crippen LogP contribution < -0.4 is 4.90 Å². The van der Waals surface area contributed by atoms with Crippen LogP contribution in [0.2, 0.25) is 0 Å². The van der Waals surface area contributed by atoms with Crippen LogP contribution in [0.25, 0.3) is 0 Å². The largest absolute Gasteiger partial charge is 0.338 e. The molecule has 1 atom stereocenters. The molecule has 31 heavy (non-hydrogen) atoms. The number of rotatable bonds is 6. The van der Waals surface area contributed by atoms with Gasteiger partial charge >= 0.3 is 0 Å². The molecule has 1 unspecified atom stereocenters. The van der Waals surface area contributed by atoms with Gasteiger partial charge in [-0.1, -0.05) is 31.2 Å². The van der Waals surface area contributed by atoms with Gasteiger partial charge in [0.1, 0.15) is 0 Å². The van der Waals surface area contributed by atoms with Crippen molar-refractivity contribution in [2.24, 2.45) is 0 Å². The molecule has 3 amide bonds. The number of para-hydroxylation sites is 1. The molecular formula is C23H28N4O3S. The summed E-state index contributed by atoms with van der Waals surface area (Å²) in [6.45, 7) is 5.67. The number of benzene rings is 1. The minimum absolute atomic E-state index is 0.0241. The van der Waals surface area contributed by atoms with E-state index in [0.29, 0.717) is 39.3 Å². The maximum absolute atomic E-state index is 13.0. The molecule has 0 N–H and O–H groups in total. The monoisotopic (exact) mass is 440 g/mol. The van der Waals surface area contributed by atoms with E-state index in [-0.39, 0.29) is 30.3 Å². The Morgan fingerprint density at radius 3 is 2.35 bits per heavy atom. The lowest BCUT2D eigenvalue weighted by atomic mass is 10.2. The van der Waals surface area contributed by atoms with Gasteiger partial charge in [-0.25, -0.2) is 0 Å². The van der Waals surface area contributed by atoms with E-state index in [1.807, 2.05) is 74.4 Å². The van der Waals surface area contributed by atoms with Gasteiger partial charge in [0.2, 0.25) is 11.8 Å². The van der Waals surface area contributed by atoms with Gasteiger partial charge in [0.05, 0.1) is 17.5 Å². The minimum atomic E-state index is -0.268. The Labute approximate surface area is 186 Å². The van der Waals surface area contributed by atoms with E-state index in [1.165, 1.54) is 11.3 Å². The fourth-order valence-corrected chi connectivity index (χ4v) is 4.99. The Balaban J connectivity index is 1.31. The van der Waals surface area contributed by atoms with Crippen LogP contribution in [0.3, 0.4) is 0 Å². The number of carbonyl (C=O) groups excluding carboxylic acids is 3. The van der Waals surface area contributed by atoms with Crippen molar-refractivity contribution in [2.75, 3.05) is 50.7 Å². The van der Waals surface area contributed by atoms with Crippen molar-refractivity contribution in [3.05, 3.63) is 52.7 Å². The third kappa shape index (κ3) is 4.65. The van der Waals surface area contributed by atoms with Gasteiger partial charge in [0.15, 0.2) is 0 Å². The zero-order valence-corrected chi connectivity index (χ0v) is 18.6. The van der Waals surface area contributed by atoms with Crippen LogP contribution in [0.5, 0.6) is 0 Å². The molecule has 0 radical (unpaired) electrons. The number of carbonyl (C=O) groups is 3. The van der Waals surface area contributed by atoms with E-state index in [0.717, 1.165) is 17.0 Å². The average molecular weight is 441 g/mol. The Bertz CT molecular complexity index is 910. The number of thiophene rings is 1. The van der Waals surface area contributed by atoms with Crippen LogP contribution in [0.4, 0.5) is 5.69 Å². The van der Waals surface area contributed by atoms with Crippen molar-refractivity contribution >= 4 is 34.7 Å². The summed E-state index contributed by atoms with van der Waals surface area (Å²) in [5.41, 5.74) is 0.906. The molecule has 0 saturated carbocycles. The molecule has 4 rings (SSSR count). The summed E-state index contributed by atoms with van der Waals surface area (Å²) in [6, 6.07) is 13.1. The summed E-state index contributed by atoms with van der Waals surface area (Å²) in [4.78, 5) is 46.6. The van der Waals surface area contributed by atoms with Gasteiger partial charge in [-0.05, 0) is 36.5 Å². The van der Waals surface area contributed by atoms with Crippen LogP contribution in [-0.2, 0) is 9.59 Å². The summed E-state index contributed by atoms with van der Waals surface area (Å²) < 4.78 is 0. The van der Waals surface area contributed by atoms with E-state index in [4.69, 9.17) is 0 Å². The number of hydrogen-bond acceptors (Lipinski definition) is 5. The molecule has 2 aliphatic heterocycles. The molecule has 0 bridgehead atoms. The predicted octanol–water partition coefficient (Wildman–Crippen LogP) is 2.16. The van der Waals surface area contributed by atoms with Crippen molar-refractivity contribution in [3.8, 4) is 0 Å². The van der Waals surface area contributed by atoms with Crippen molar-refractivity contribution in [2.45, 2.75) is 19.4 Å². The molecule has 2 aromatic rings. The second kappa shape index (κ2) is 9.62. The highest BCUT2D eigenvalue weighted by molar-refractivity contribution is 7.12. The standard InChI is InChI=1S/C23H28N4O3S/c1-2-24(19-10-11-27(22(19)29)18-7-4-3-5-8-18)17-21(28)25-12-14-26(15-13-25)23(30)20-9-6-16-31-20/h3-9,16,19H,2,10-15,17H2,1H3. The van der Waals surface area contributed by atoms with E-state index >= 15 is 0 Å². The predicted molar refractivity (Wildman–Crippen MR) is 121 cm³/mol. The summed E-state index contributed by atoms with van der Waals surface area (Å²) in [5.74, 6) is 0.123. The first-order valence-electron chi connectivity index (χ1n) is 10.8. The second-order valence-electron chi connectivity index (χ2n) is 7.84. The first-order chi connectivity index (χ1) is 15.1. The van der Waals surface area contributed by atoms with Gasteiger partial charge in [-0.15, -0.1) is 11.3 Å². The smallest absolute Gasteiger partial charge is 0.264 e. The summed E-state index contributed by atoms with van der Waals surface area (Å²) in [5, 5.41) is 1.90. The fraction of sp³-hybridized carbons (Fsp3) is 0.435. The number of likely N-dealkylation sites (N-methyl/N-ethyl adjacent to an activating group) is 1. The number of hydrogen-bond donors (Lipinski definition) is 0. The third-order valence-electron chi connectivity index (χ3n) is 6.08. The Kier molecular flexibility index (Phi) is 6.67. The third-order valence-corrected chi connectivity index (χ3v) is 6.94. The molecule has 2 saturated heterocycles. The molecule has 0 spiro atoms. The van der Waals surface area contributed by atoms with Gasteiger partial charge < -0.3 is 14.7 Å². The van der Waals surface area contributed by atoms with E-state index < -0.39 is 0 Å². The lowest BCUT2D eigenvalue weighted by Crippen LogP contribution is -2.54. The number of anilines is 1. The fourth-order valence-electron chi connectivity index (χ4n) is 4.30. The molecule has 8 heteroatoms. The van der Waals surface area contributed by atoms with Gasteiger partial charge in [0, 0.05) is 38.4 Å². The van der Waals surface area contributed by atoms with Crippen molar-refractivity contribution in [1.29, 1.82) is 0 Å². The van der Waals surface area contributed by atoms with Crippen molar-refractivity contribution in [3.63, 3.8) is 0 Å². The van der Waals surface area contributed by atoms with Gasteiger partial charge in [-0.3, -0.25) is 19.3 Å². The molecule has 2 fully saturated rings. The van der Waals surface area contributed by atoms with Gasteiger partial charge in [0.25, 0.3) is 5.91 Å². The van der Waals surface area contributed by atoms with Crippen molar-refractivity contribution in [1.82, 2.24) is 14.7 Å². The molecular weight excluding hydrogens is 412 g/mol. The minimum Gasteiger partial charge on any atom is -0.338 e. The molecule has 2 aliphatic rings. The molecule has 3 heterocycles. The highest BCUT2D eigenvalue weighted by atomic mass is 32.1. The number of piperazine rings is 1. The zero-order valence-electron chi connectivity index (χ0n) is 17.8. The number of amides is 3. The van der Waals surface area contributed by atoms with E-state index in [2.05, 4.69) is 0 Å². The zero-order chi connectivity index (χ0) is 21.8. The first-order valence-corrected chi connectivity index (χ1v) is 11.7. The van der Waals surface area contributed by atoms with E-state index in [1.54, 1.807) is 0 Å². The first kappa shape index (κ1) is 21.5. The molecule has 0 aliphatic carbocycles. The molecule has 164 valence electrons. The number of nitrogens with zero attached hydrogens (tertiary/aromatic N) is 4. The highest BCUT2D eigenvalue weighted by Crippen LogP contribution is 2.24. The van der Waals surface area contributed by atoms with Crippen LogP contribution in [-0.4, -0.2) is 84.3 Å². The quantitative estimate of drug-likeness (QED) is 0.691. The maximum atomic E-state index is 13.0. The highest BCUT2D eigenvalue weighted by Gasteiger charge is 2.37. The van der Waals surface area contributed by atoms with Crippen LogP contribution in [0.1, 0.15) is 23.0 Å². The van der Waals surface area contributed by atoms with Crippen LogP contribution in [0.15, 0.2) is 47.8 Å². The summed E-state index contributed by atoms with van der Waals surface area (Å²) in [7, 11) is 0. The Morgan fingerprint density at radius 2 is 1.71 bits per heavy atom. The van der Waals surface area contributed by atoms with E-state index in [9.17, 15) is 14.4 Å². The molecule has 1 aromatic carbocycles. The summed E-state index contributed by atoms with van der Waals surface area (Å²) in [6.07, 6.45) is 0.720.